The number of hydrogen-bond acceptors (Lipinski definition) is 3. The first-order valence-electron chi connectivity index (χ1n) is 5.97. The first-order valence-corrected chi connectivity index (χ1v) is 6.77. The van der Waals surface area contributed by atoms with Crippen LogP contribution in [0.3, 0.4) is 0 Å². The number of rotatable bonds is 1. The Morgan fingerprint density at radius 1 is 1.12 bits per heavy atom. The summed E-state index contributed by atoms with van der Waals surface area (Å²) in [4.78, 5) is 9.02. The average molecular weight is 292 g/mol. The lowest BCUT2D eigenvalue weighted by atomic mass is 9.92. The van der Waals surface area contributed by atoms with E-state index >= 15 is 0 Å². The van der Waals surface area contributed by atoms with Gasteiger partial charge in [0.25, 0.3) is 0 Å². The van der Waals surface area contributed by atoms with Crippen molar-refractivity contribution < 1.29 is 0 Å². The number of aromatic nitrogens is 2. The van der Waals surface area contributed by atoms with Crippen molar-refractivity contribution in [3.8, 4) is 0 Å². The normalized spacial score (nSPS) is 17.5. The number of hydrogen-bond donors (Lipinski definition) is 1. The van der Waals surface area contributed by atoms with Gasteiger partial charge in [0.15, 0.2) is 4.73 Å². The topological polar surface area (TPSA) is 37.8 Å². The molecule has 0 spiro atoms. The zero-order valence-electron chi connectivity index (χ0n) is 9.49. The van der Waals surface area contributed by atoms with Gasteiger partial charge < -0.3 is 5.32 Å². The van der Waals surface area contributed by atoms with Gasteiger partial charge in [-0.3, -0.25) is 0 Å². The van der Waals surface area contributed by atoms with Crippen molar-refractivity contribution in [1.29, 1.82) is 0 Å². The van der Waals surface area contributed by atoms with Crippen LogP contribution in [-0.4, -0.2) is 23.1 Å². The molecule has 0 radical (unpaired) electrons. The van der Waals surface area contributed by atoms with Gasteiger partial charge >= 0.3 is 0 Å². The third-order valence-electron chi connectivity index (χ3n) is 3.33. The molecule has 1 saturated heterocycles. The summed E-state index contributed by atoms with van der Waals surface area (Å²) in [5.74, 6) is 0.556. The van der Waals surface area contributed by atoms with Crippen molar-refractivity contribution in [3.63, 3.8) is 0 Å². The molecule has 4 heteroatoms. The third kappa shape index (κ3) is 2.19. The molecular formula is C13H14BrN3. The largest absolute Gasteiger partial charge is 0.317 e. The molecule has 2 aromatic rings. The van der Waals surface area contributed by atoms with Crippen molar-refractivity contribution in [1.82, 2.24) is 15.3 Å². The van der Waals surface area contributed by atoms with E-state index in [2.05, 4.69) is 43.3 Å². The molecule has 1 fully saturated rings. The summed E-state index contributed by atoms with van der Waals surface area (Å²) in [6, 6.07) is 8.25. The molecule has 0 unspecified atom stereocenters. The van der Waals surface area contributed by atoms with Crippen molar-refractivity contribution in [2.24, 2.45) is 0 Å². The van der Waals surface area contributed by atoms with Gasteiger partial charge in [0.1, 0.15) is 0 Å². The van der Waals surface area contributed by atoms with E-state index in [1.807, 2.05) is 12.1 Å². The second-order valence-electron chi connectivity index (χ2n) is 4.42. The number of benzene rings is 1. The van der Waals surface area contributed by atoms with E-state index in [0.29, 0.717) is 10.7 Å². The van der Waals surface area contributed by atoms with Crippen LogP contribution in [0, 0.1) is 0 Å². The molecule has 2 heterocycles. The van der Waals surface area contributed by atoms with Crippen LogP contribution in [0.1, 0.15) is 24.5 Å². The summed E-state index contributed by atoms with van der Waals surface area (Å²) in [6.07, 6.45) is 2.32. The van der Waals surface area contributed by atoms with Crippen LogP contribution < -0.4 is 5.32 Å². The molecule has 0 bridgehead atoms. The fraction of sp³-hybridized carbons (Fsp3) is 0.385. The Hall–Kier alpha value is -1.00. The van der Waals surface area contributed by atoms with Gasteiger partial charge in [0, 0.05) is 11.3 Å². The monoisotopic (exact) mass is 291 g/mol. The molecule has 88 valence electrons. The highest BCUT2D eigenvalue weighted by atomic mass is 79.9. The van der Waals surface area contributed by atoms with E-state index < -0.39 is 0 Å². The quantitative estimate of drug-likeness (QED) is 0.821. The maximum absolute atomic E-state index is 4.60. The number of para-hydroxylation sites is 1. The van der Waals surface area contributed by atoms with Crippen LogP contribution in [-0.2, 0) is 0 Å². The molecule has 1 aromatic heterocycles. The van der Waals surface area contributed by atoms with Crippen LogP contribution in [0.2, 0.25) is 0 Å². The van der Waals surface area contributed by atoms with Crippen molar-refractivity contribution in [2.75, 3.05) is 13.1 Å². The van der Waals surface area contributed by atoms with Crippen LogP contribution >= 0.6 is 15.9 Å². The van der Waals surface area contributed by atoms with Crippen molar-refractivity contribution >= 4 is 26.8 Å². The number of nitrogens with zero attached hydrogens (tertiary/aromatic N) is 2. The van der Waals surface area contributed by atoms with E-state index in [0.717, 1.165) is 31.4 Å². The summed E-state index contributed by atoms with van der Waals surface area (Å²) in [5.41, 5.74) is 2.23. The molecule has 3 rings (SSSR count). The Morgan fingerprint density at radius 3 is 2.71 bits per heavy atom. The predicted molar refractivity (Wildman–Crippen MR) is 72.1 cm³/mol. The van der Waals surface area contributed by atoms with Gasteiger partial charge in [-0.1, -0.05) is 18.2 Å². The predicted octanol–water partition coefficient (Wildman–Crippen LogP) is 2.86. The second kappa shape index (κ2) is 4.70. The second-order valence-corrected chi connectivity index (χ2v) is 5.13. The van der Waals surface area contributed by atoms with Crippen molar-refractivity contribution in [3.05, 3.63) is 34.7 Å². The highest BCUT2D eigenvalue weighted by Gasteiger charge is 2.19. The van der Waals surface area contributed by atoms with E-state index in [1.165, 1.54) is 11.1 Å². The van der Waals surface area contributed by atoms with Crippen LogP contribution in [0.15, 0.2) is 29.0 Å². The van der Waals surface area contributed by atoms with Gasteiger partial charge in [-0.05, 0) is 47.9 Å². The van der Waals surface area contributed by atoms with Crippen LogP contribution in [0.25, 0.3) is 10.9 Å². The maximum atomic E-state index is 4.60. The molecule has 1 N–H and O–H groups in total. The first-order chi connectivity index (χ1) is 8.34. The first kappa shape index (κ1) is 11.1. The summed E-state index contributed by atoms with van der Waals surface area (Å²) >= 11 is 3.41. The van der Waals surface area contributed by atoms with Gasteiger partial charge in [-0.25, -0.2) is 9.97 Å². The van der Waals surface area contributed by atoms with Crippen LogP contribution in [0.4, 0.5) is 0 Å². The standard InChI is InChI=1S/C13H14BrN3/c14-13-16-11-4-2-1-3-10(11)12(17-13)9-5-7-15-8-6-9/h1-4,9,15H,5-8H2. The molecule has 0 atom stereocenters. The zero-order valence-corrected chi connectivity index (χ0v) is 11.1. The molecular weight excluding hydrogens is 278 g/mol. The fourth-order valence-electron chi connectivity index (χ4n) is 2.48. The smallest absolute Gasteiger partial charge is 0.197 e. The highest BCUT2D eigenvalue weighted by molar-refractivity contribution is 9.10. The SMILES string of the molecule is Brc1nc(C2CCNCC2)c2ccccc2n1. The summed E-state index contributed by atoms with van der Waals surface area (Å²) < 4.78 is 0.699. The Bertz CT molecular complexity index is 535. The summed E-state index contributed by atoms with van der Waals surface area (Å²) in [6.45, 7) is 2.17. The summed E-state index contributed by atoms with van der Waals surface area (Å²) in [7, 11) is 0. The number of piperidine rings is 1. The van der Waals surface area contributed by atoms with Crippen molar-refractivity contribution in [2.45, 2.75) is 18.8 Å². The number of nitrogens with one attached hydrogen (secondary N) is 1. The molecule has 1 aliphatic heterocycles. The minimum atomic E-state index is 0.556. The Labute approximate surface area is 109 Å². The zero-order chi connectivity index (χ0) is 11.7. The lowest BCUT2D eigenvalue weighted by Crippen LogP contribution is -2.27. The van der Waals surface area contributed by atoms with E-state index in [9.17, 15) is 0 Å². The minimum Gasteiger partial charge on any atom is -0.317 e. The molecule has 1 aliphatic rings. The van der Waals surface area contributed by atoms with Crippen LogP contribution in [0.5, 0.6) is 0 Å². The van der Waals surface area contributed by atoms with Gasteiger partial charge in [-0.2, -0.15) is 0 Å². The van der Waals surface area contributed by atoms with Gasteiger partial charge in [0.05, 0.1) is 11.2 Å². The minimum absolute atomic E-state index is 0.556. The highest BCUT2D eigenvalue weighted by Crippen LogP contribution is 2.30. The molecule has 1 aromatic carbocycles. The Morgan fingerprint density at radius 2 is 1.88 bits per heavy atom. The molecule has 0 aliphatic carbocycles. The summed E-state index contributed by atoms with van der Waals surface area (Å²) in [5, 5.41) is 4.59. The Kier molecular flexibility index (Phi) is 3.07. The molecule has 3 nitrogen and oxygen atoms in total. The molecule has 17 heavy (non-hydrogen) atoms. The Balaban J connectivity index is 2.13. The number of fused-ring (bicyclic) bond motifs is 1. The fourth-order valence-corrected chi connectivity index (χ4v) is 2.86. The third-order valence-corrected chi connectivity index (χ3v) is 3.69. The van der Waals surface area contributed by atoms with E-state index in [-0.39, 0.29) is 0 Å². The molecule has 0 saturated carbocycles. The molecule has 0 amide bonds. The number of halogens is 1. The van der Waals surface area contributed by atoms with E-state index in [1.54, 1.807) is 0 Å². The lowest BCUT2D eigenvalue weighted by molar-refractivity contribution is 0.455. The average Bonchev–Trinajstić information content (AvgIpc) is 2.39. The van der Waals surface area contributed by atoms with E-state index in [4.69, 9.17) is 0 Å². The van der Waals surface area contributed by atoms with Gasteiger partial charge in [-0.15, -0.1) is 0 Å². The van der Waals surface area contributed by atoms with Gasteiger partial charge in [0.2, 0.25) is 0 Å². The lowest BCUT2D eigenvalue weighted by Gasteiger charge is -2.23. The maximum Gasteiger partial charge on any atom is 0.197 e.